The van der Waals surface area contributed by atoms with Crippen molar-refractivity contribution in [2.45, 2.75) is 43.9 Å². The lowest BCUT2D eigenvalue weighted by molar-refractivity contribution is 0.308. The van der Waals surface area contributed by atoms with E-state index < -0.39 is 0 Å². The van der Waals surface area contributed by atoms with Gasteiger partial charge in [-0.2, -0.15) is 0 Å². The molecule has 4 nitrogen and oxygen atoms in total. The second kappa shape index (κ2) is 11.7. The third kappa shape index (κ3) is 4.38. The Bertz CT molecular complexity index is 2800. The fraction of sp³-hybridized carbons (Fsp3) is 0.135. The van der Waals surface area contributed by atoms with E-state index in [1.807, 2.05) is 0 Å². The van der Waals surface area contributed by atoms with Crippen LogP contribution in [0.1, 0.15) is 53.6 Å². The molecule has 3 atom stereocenters. The van der Waals surface area contributed by atoms with Gasteiger partial charge in [-0.1, -0.05) is 159 Å². The largest absolute Gasteiger partial charge is 0.479 e. The summed E-state index contributed by atoms with van der Waals surface area (Å²) in [6.45, 7) is 4.77. The molecule has 7 aliphatic rings. The van der Waals surface area contributed by atoms with Crippen LogP contribution in [0.15, 0.2) is 186 Å². The Labute approximate surface area is 327 Å². The van der Waals surface area contributed by atoms with Gasteiger partial charge in [-0.3, -0.25) is 0 Å². The Balaban J connectivity index is 0.917. The van der Waals surface area contributed by atoms with E-state index in [1.165, 1.54) is 67.1 Å². The molecule has 268 valence electrons. The maximum Gasteiger partial charge on any atom is 0.164 e. The molecule has 4 aliphatic carbocycles. The highest BCUT2D eigenvalue weighted by atomic mass is 16.5. The van der Waals surface area contributed by atoms with Crippen molar-refractivity contribution in [2.75, 3.05) is 4.90 Å². The van der Waals surface area contributed by atoms with Gasteiger partial charge in [0.1, 0.15) is 11.6 Å². The fourth-order valence-electron chi connectivity index (χ4n) is 10.3. The fourth-order valence-corrected chi connectivity index (χ4v) is 10.3. The molecule has 56 heavy (non-hydrogen) atoms. The molecule has 3 aliphatic heterocycles. The van der Waals surface area contributed by atoms with E-state index in [4.69, 9.17) is 9.73 Å². The van der Waals surface area contributed by atoms with Crippen molar-refractivity contribution in [3.63, 3.8) is 0 Å². The smallest absolute Gasteiger partial charge is 0.164 e. The lowest BCUT2D eigenvalue weighted by Gasteiger charge is -2.34. The number of rotatable bonds is 4. The Kier molecular flexibility index (Phi) is 6.60. The highest BCUT2D eigenvalue weighted by molar-refractivity contribution is 6.12. The maximum atomic E-state index is 7.00. The van der Waals surface area contributed by atoms with Gasteiger partial charge in [-0.05, 0) is 63.6 Å². The van der Waals surface area contributed by atoms with Crippen molar-refractivity contribution in [3.8, 4) is 16.9 Å². The number of nitrogens with one attached hydrogen (secondary N) is 1. The van der Waals surface area contributed by atoms with Crippen molar-refractivity contribution < 1.29 is 4.74 Å². The van der Waals surface area contributed by atoms with Crippen molar-refractivity contribution >= 4 is 33.9 Å². The molecule has 3 heterocycles. The predicted octanol–water partition coefficient (Wildman–Crippen LogP) is 11.1. The highest BCUT2D eigenvalue weighted by Gasteiger charge is 2.49. The average molecular weight is 722 g/mol. The van der Waals surface area contributed by atoms with Gasteiger partial charge in [0.25, 0.3) is 0 Å². The monoisotopic (exact) mass is 721 g/mol. The van der Waals surface area contributed by atoms with Crippen LogP contribution < -0.4 is 15.0 Å². The van der Waals surface area contributed by atoms with Gasteiger partial charge in [0.2, 0.25) is 0 Å². The second-order valence-corrected chi connectivity index (χ2v) is 16.2. The number of amidine groups is 1. The third-order valence-corrected chi connectivity index (χ3v) is 12.9. The van der Waals surface area contributed by atoms with E-state index in [9.17, 15) is 0 Å². The highest BCUT2D eigenvalue weighted by Crippen LogP contribution is 2.60. The molecule has 3 unspecified atom stereocenters. The third-order valence-electron chi connectivity index (χ3n) is 12.9. The van der Waals surface area contributed by atoms with Crippen molar-refractivity contribution in [1.29, 1.82) is 0 Å². The van der Waals surface area contributed by atoms with Gasteiger partial charge in [0.15, 0.2) is 6.10 Å². The molecule has 0 amide bonds. The molecule has 1 N–H and O–H groups in total. The van der Waals surface area contributed by atoms with Gasteiger partial charge in [-0.25, -0.2) is 4.99 Å². The Hall–Kier alpha value is -6.65. The maximum absolute atomic E-state index is 7.00. The summed E-state index contributed by atoms with van der Waals surface area (Å²) in [5, 5.41) is 3.80. The van der Waals surface area contributed by atoms with E-state index in [1.54, 1.807) is 0 Å². The minimum atomic E-state index is -0.209. The number of hydrogen-bond acceptors (Lipinski definition) is 4. The molecular weight excluding hydrogens is 683 g/mol. The van der Waals surface area contributed by atoms with E-state index in [-0.39, 0.29) is 23.6 Å². The van der Waals surface area contributed by atoms with Crippen LogP contribution in [0, 0.1) is 0 Å². The first-order chi connectivity index (χ1) is 27.5. The van der Waals surface area contributed by atoms with Crippen LogP contribution in [-0.2, 0) is 5.41 Å². The van der Waals surface area contributed by atoms with E-state index in [0.717, 1.165) is 40.4 Å². The van der Waals surface area contributed by atoms with Crippen LogP contribution in [0.2, 0.25) is 0 Å². The Morgan fingerprint density at radius 3 is 2.36 bits per heavy atom. The lowest BCUT2D eigenvalue weighted by Crippen LogP contribution is -2.39. The van der Waals surface area contributed by atoms with Crippen LogP contribution in [-0.4, -0.2) is 24.0 Å². The first-order valence-electron chi connectivity index (χ1n) is 19.8. The zero-order valence-corrected chi connectivity index (χ0v) is 31.3. The summed E-state index contributed by atoms with van der Waals surface area (Å²) in [5.41, 5.74) is 19.9. The summed E-state index contributed by atoms with van der Waals surface area (Å²) in [5.74, 6) is 1.77. The number of aliphatic imine (C=N–C) groups is 1. The molecule has 0 bridgehead atoms. The van der Waals surface area contributed by atoms with E-state index in [0.29, 0.717) is 0 Å². The summed E-state index contributed by atoms with van der Waals surface area (Å²) in [4.78, 5) is 8.00. The van der Waals surface area contributed by atoms with Crippen LogP contribution in [0.25, 0.3) is 33.5 Å². The predicted molar refractivity (Wildman–Crippen MR) is 229 cm³/mol. The van der Waals surface area contributed by atoms with E-state index in [2.05, 4.69) is 188 Å². The molecule has 0 spiro atoms. The van der Waals surface area contributed by atoms with Gasteiger partial charge >= 0.3 is 0 Å². The minimum absolute atomic E-state index is 0.0130. The summed E-state index contributed by atoms with van der Waals surface area (Å²) >= 11 is 0. The lowest BCUT2D eigenvalue weighted by atomic mass is 9.77. The molecule has 5 aromatic rings. The summed E-state index contributed by atoms with van der Waals surface area (Å²) in [7, 11) is 0. The topological polar surface area (TPSA) is 36.9 Å². The zero-order valence-electron chi connectivity index (χ0n) is 31.3. The molecular formula is C52H39N3O. The number of benzene rings is 5. The number of hydrogen-bond donors (Lipinski definition) is 1. The minimum Gasteiger partial charge on any atom is -0.479 e. The second-order valence-electron chi connectivity index (χ2n) is 16.2. The van der Waals surface area contributed by atoms with Crippen LogP contribution in [0.4, 0.5) is 5.69 Å². The number of anilines is 1. The average Bonchev–Trinajstić information content (AvgIpc) is 3.98. The Morgan fingerprint density at radius 2 is 1.48 bits per heavy atom. The van der Waals surface area contributed by atoms with Crippen molar-refractivity contribution in [3.05, 3.63) is 214 Å². The molecule has 0 saturated heterocycles. The van der Waals surface area contributed by atoms with Crippen molar-refractivity contribution in [1.82, 2.24) is 5.32 Å². The van der Waals surface area contributed by atoms with Crippen LogP contribution in [0.5, 0.6) is 5.75 Å². The van der Waals surface area contributed by atoms with Crippen molar-refractivity contribution in [2.24, 2.45) is 4.99 Å². The number of ether oxygens (including phenoxy) is 1. The first-order valence-corrected chi connectivity index (χ1v) is 19.8. The molecule has 5 aromatic carbocycles. The summed E-state index contributed by atoms with van der Waals surface area (Å²) in [6, 6.07) is 44.0. The van der Waals surface area contributed by atoms with Gasteiger partial charge in [0.05, 0.1) is 23.5 Å². The standard InChI is InChI=1S/C52H39N3O/c1-52(2)39-19-9-6-15-34(39)47-40(52)28-30-43-48(47)36-17-8-11-21-42(36)55(43)44-29-27-37-46-38(18-12-22-45(46)56-50(37)44)51-53-41-20-10-7-16-35(41)49(54-51)33-25-23-32(24-26-33)31-13-4-3-5-14-31/h3-29,41,43,50H,30H2,1-2H3,(H,53,54). The summed E-state index contributed by atoms with van der Waals surface area (Å²) < 4.78 is 7.00. The van der Waals surface area contributed by atoms with Gasteiger partial charge in [0, 0.05) is 44.5 Å². The van der Waals surface area contributed by atoms with Gasteiger partial charge in [-0.15, -0.1) is 0 Å². The number of allylic oxidation sites excluding steroid dienone is 6. The van der Waals surface area contributed by atoms with E-state index >= 15 is 0 Å². The molecule has 0 radical (unpaired) electrons. The quantitative estimate of drug-likeness (QED) is 0.201. The summed E-state index contributed by atoms with van der Waals surface area (Å²) in [6.07, 6.45) is 16.5. The molecule has 0 aromatic heterocycles. The zero-order chi connectivity index (χ0) is 37.1. The Morgan fingerprint density at radius 1 is 0.732 bits per heavy atom. The molecule has 0 fully saturated rings. The molecule has 0 saturated carbocycles. The number of nitrogens with zero attached hydrogens (tertiary/aromatic N) is 2. The number of para-hydroxylation sites is 1. The number of fused-ring (bicyclic) bond motifs is 10. The van der Waals surface area contributed by atoms with Crippen LogP contribution in [0.3, 0.4) is 0 Å². The molecule has 4 heteroatoms. The SMILES string of the molecule is CC1(C)C2=CCC3C(=C2c2ccccc21)c1ccccc1N3C1=CC=C2c3c(cccc3C3=NC(c4ccc(-c5ccccc5)cc4)=C4C=CC=CC4N3)OC21. The molecule has 12 rings (SSSR count). The first kappa shape index (κ1) is 31.7. The normalized spacial score (nSPS) is 22.8. The van der Waals surface area contributed by atoms with Crippen LogP contribution >= 0.6 is 0 Å². The van der Waals surface area contributed by atoms with Gasteiger partial charge < -0.3 is 15.0 Å².